The molecule has 0 atom stereocenters. The zero-order chi connectivity index (χ0) is 22.6. The summed E-state index contributed by atoms with van der Waals surface area (Å²) in [5.41, 5.74) is 3.10. The molecule has 0 spiro atoms. The summed E-state index contributed by atoms with van der Waals surface area (Å²) < 4.78 is 2.21. The van der Waals surface area contributed by atoms with Crippen molar-refractivity contribution in [2.45, 2.75) is 76.2 Å². The Hall–Kier alpha value is -2.29. The van der Waals surface area contributed by atoms with Crippen LogP contribution in [-0.4, -0.2) is 19.7 Å². The zero-order valence-electron chi connectivity index (χ0n) is 19.0. The van der Waals surface area contributed by atoms with Crippen LogP contribution in [-0.2, 0) is 12.3 Å². The molecule has 0 amide bonds. The molecule has 32 heavy (non-hydrogen) atoms. The van der Waals surface area contributed by atoms with Crippen molar-refractivity contribution in [2.75, 3.05) is 0 Å². The van der Waals surface area contributed by atoms with Crippen LogP contribution in [0.25, 0.3) is 11.4 Å². The summed E-state index contributed by atoms with van der Waals surface area (Å²) in [6, 6.07) is 10.0. The molecule has 0 aliphatic heterocycles. The first-order valence-corrected chi connectivity index (χ1v) is 12.8. The molecule has 3 aromatic rings. The van der Waals surface area contributed by atoms with Crippen molar-refractivity contribution < 1.29 is 0 Å². The quantitative estimate of drug-likeness (QED) is 0.167. The van der Waals surface area contributed by atoms with Crippen LogP contribution in [0.1, 0.15) is 69.9 Å². The first-order chi connectivity index (χ1) is 15.7. The van der Waals surface area contributed by atoms with E-state index in [0.717, 1.165) is 65.1 Å². The Balaban J connectivity index is 1.75. The summed E-state index contributed by atoms with van der Waals surface area (Å²) in [5.74, 6) is 8.24. The smallest absolute Gasteiger partial charge is 0.191 e. The van der Waals surface area contributed by atoms with Crippen molar-refractivity contribution in [1.29, 1.82) is 0 Å². The lowest BCUT2D eigenvalue weighted by molar-refractivity contribution is 0.591. The molecule has 0 unspecified atom stereocenters. The SMILES string of the molecule is CCCCCCC#Cc1cncc(-c2nnc(SCc3ccc(Cl)cc3)n2CCCC)c1. The van der Waals surface area contributed by atoms with Gasteiger partial charge in [0.25, 0.3) is 0 Å². The predicted octanol–water partition coefficient (Wildman–Crippen LogP) is 7.41. The van der Waals surface area contributed by atoms with Crippen molar-refractivity contribution >= 4 is 23.4 Å². The van der Waals surface area contributed by atoms with Crippen LogP contribution < -0.4 is 0 Å². The Morgan fingerprint density at radius 1 is 0.969 bits per heavy atom. The van der Waals surface area contributed by atoms with E-state index >= 15 is 0 Å². The van der Waals surface area contributed by atoms with Gasteiger partial charge in [-0.05, 0) is 36.6 Å². The molecule has 3 rings (SSSR count). The first-order valence-electron chi connectivity index (χ1n) is 11.5. The van der Waals surface area contributed by atoms with Gasteiger partial charge in [-0.25, -0.2) is 0 Å². The van der Waals surface area contributed by atoms with E-state index < -0.39 is 0 Å². The third kappa shape index (κ3) is 7.39. The molecule has 2 aromatic heterocycles. The normalized spacial score (nSPS) is 10.7. The number of hydrogen-bond acceptors (Lipinski definition) is 4. The summed E-state index contributed by atoms with van der Waals surface area (Å²) in [6.07, 6.45) is 11.7. The Morgan fingerprint density at radius 3 is 2.56 bits per heavy atom. The molecule has 0 N–H and O–H groups in total. The minimum absolute atomic E-state index is 0.753. The van der Waals surface area contributed by atoms with Gasteiger partial charge in [-0.1, -0.05) is 86.9 Å². The highest BCUT2D eigenvalue weighted by Gasteiger charge is 2.15. The molecule has 0 bridgehead atoms. The number of rotatable bonds is 11. The highest BCUT2D eigenvalue weighted by atomic mass is 35.5. The second-order valence-corrected chi connectivity index (χ2v) is 9.18. The van der Waals surface area contributed by atoms with Gasteiger partial charge >= 0.3 is 0 Å². The van der Waals surface area contributed by atoms with E-state index in [9.17, 15) is 0 Å². The van der Waals surface area contributed by atoms with Crippen LogP contribution in [0.15, 0.2) is 47.9 Å². The maximum absolute atomic E-state index is 6.01. The molecule has 0 aliphatic rings. The van der Waals surface area contributed by atoms with Crippen LogP contribution in [0.2, 0.25) is 5.02 Å². The Morgan fingerprint density at radius 2 is 1.78 bits per heavy atom. The van der Waals surface area contributed by atoms with E-state index in [1.54, 1.807) is 11.8 Å². The molecule has 1 aromatic carbocycles. The van der Waals surface area contributed by atoms with Crippen molar-refractivity contribution in [3.8, 4) is 23.2 Å². The third-order valence-electron chi connectivity index (χ3n) is 5.12. The van der Waals surface area contributed by atoms with Gasteiger partial charge in [-0.3, -0.25) is 4.98 Å². The average molecular weight is 467 g/mol. The number of aromatic nitrogens is 4. The van der Waals surface area contributed by atoms with Crippen LogP contribution in [0, 0.1) is 11.8 Å². The molecular weight excluding hydrogens is 436 g/mol. The van der Waals surface area contributed by atoms with E-state index in [0.29, 0.717) is 0 Å². The van der Waals surface area contributed by atoms with Gasteiger partial charge in [-0.15, -0.1) is 10.2 Å². The number of nitrogens with zero attached hydrogens (tertiary/aromatic N) is 4. The second kappa shape index (κ2) is 13.3. The van der Waals surface area contributed by atoms with Gasteiger partial charge in [0.05, 0.1) is 0 Å². The van der Waals surface area contributed by atoms with Crippen LogP contribution in [0.5, 0.6) is 0 Å². The van der Waals surface area contributed by atoms with Gasteiger partial charge in [0.15, 0.2) is 11.0 Å². The standard InChI is InChI=1S/C26H31ClN4S/c1-3-5-7-8-9-10-11-22-17-23(19-28-18-22)25-29-30-26(31(25)16-6-4-2)32-20-21-12-14-24(27)15-13-21/h12-15,17-19H,3-9,16,20H2,1-2H3. The number of benzene rings is 1. The minimum atomic E-state index is 0.753. The van der Waals surface area contributed by atoms with Gasteiger partial charge in [0.1, 0.15) is 0 Å². The largest absolute Gasteiger partial charge is 0.302 e. The van der Waals surface area contributed by atoms with Crippen LogP contribution in [0.3, 0.4) is 0 Å². The molecule has 0 aliphatic carbocycles. The lowest BCUT2D eigenvalue weighted by atomic mass is 10.1. The fourth-order valence-electron chi connectivity index (χ4n) is 3.29. The number of halogens is 1. The number of hydrogen-bond donors (Lipinski definition) is 0. The summed E-state index contributed by atoms with van der Waals surface area (Å²) >= 11 is 7.70. The second-order valence-electron chi connectivity index (χ2n) is 7.80. The molecule has 0 fully saturated rings. The van der Waals surface area contributed by atoms with E-state index in [2.05, 4.69) is 63.6 Å². The molecule has 2 heterocycles. The first kappa shape index (κ1) is 24.4. The lowest BCUT2D eigenvalue weighted by Crippen LogP contribution is -2.03. The van der Waals surface area contributed by atoms with E-state index in [1.807, 2.05) is 24.5 Å². The van der Waals surface area contributed by atoms with Gasteiger partial charge < -0.3 is 4.57 Å². The summed E-state index contributed by atoms with van der Waals surface area (Å²) in [7, 11) is 0. The van der Waals surface area contributed by atoms with Crippen molar-refractivity contribution in [1.82, 2.24) is 19.7 Å². The molecule has 0 saturated carbocycles. The van der Waals surface area contributed by atoms with E-state index in [4.69, 9.17) is 11.6 Å². The fourth-order valence-corrected chi connectivity index (χ4v) is 4.34. The number of pyridine rings is 1. The number of thioether (sulfide) groups is 1. The summed E-state index contributed by atoms with van der Waals surface area (Å²) in [6.45, 7) is 5.31. The van der Waals surface area contributed by atoms with Gasteiger partial charge in [0, 0.05) is 47.3 Å². The van der Waals surface area contributed by atoms with Crippen LogP contribution in [0.4, 0.5) is 0 Å². The Bertz CT molecular complexity index is 1030. The molecular formula is C26H31ClN4S. The van der Waals surface area contributed by atoms with Gasteiger partial charge in [0.2, 0.25) is 0 Å². The van der Waals surface area contributed by atoms with E-state index in [1.165, 1.54) is 24.8 Å². The van der Waals surface area contributed by atoms with E-state index in [-0.39, 0.29) is 0 Å². The van der Waals surface area contributed by atoms with Crippen LogP contribution >= 0.6 is 23.4 Å². The molecule has 4 nitrogen and oxygen atoms in total. The maximum Gasteiger partial charge on any atom is 0.191 e. The predicted molar refractivity (Wildman–Crippen MR) is 135 cm³/mol. The fraction of sp³-hybridized carbons (Fsp3) is 0.423. The number of unbranched alkanes of at least 4 members (excludes halogenated alkanes) is 5. The third-order valence-corrected chi connectivity index (χ3v) is 6.41. The Labute approximate surface area is 201 Å². The molecule has 168 valence electrons. The molecule has 0 radical (unpaired) electrons. The summed E-state index contributed by atoms with van der Waals surface area (Å²) in [5, 5.41) is 10.7. The van der Waals surface area contributed by atoms with Crippen molar-refractivity contribution in [3.63, 3.8) is 0 Å². The lowest BCUT2D eigenvalue weighted by Gasteiger charge is -2.10. The average Bonchev–Trinajstić information content (AvgIpc) is 3.22. The van der Waals surface area contributed by atoms with Gasteiger partial charge in [-0.2, -0.15) is 0 Å². The highest BCUT2D eigenvalue weighted by molar-refractivity contribution is 7.98. The minimum Gasteiger partial charge on any atom is -0.302 e. The molecule has 6 heteroatoms. The monoisotopic (exact) mass is 466 g/mol. The van der Waals surface area contributed by atoms with Crippen molar-refractivity contribution in [3.05, 3.63) is 58.9 Å². The molecule has 0 saturated heterocycles. The van der Waals surface area contributed by atoms with Crippen molar-refractivity contribution in [2.24, 2.45) is 0 Å². The maximum atomic E-state index is 6.01. The summed E-state index contributed by atoms with van der Waals surface area (Å²) in [4.78, 5) is 4.42. The highest BCUT2D eigenvalue weighted by Crippen LogP contribution is 2.27. The zero-order valence-corrected chi connectivity index (χ0v) is 20.6. The Kier molecular flexibility index (Phi) is 10.1. The topological polar surface area (TPSA) is 43.6 Å².